The minimum Gasteiger partial charge on any atom is -0.488 e. The van der Waals surface area contributed by atoms with Crippen molar-refractivity contribution in [2.45, 2.75) is 57.5 Å². The quantitative estimate of drug-likeness (QED) is 0.182. The summed E-state index contributed by atoms with van der Waals surface area (Å²) in [5.74, 6) is 1.65. The summed E-state index contributed by atoms with van der Waals surface area (Å²) >= 11 is 0. The molecule has 1 N–H and O–H groups in total. The van der Waals surface area contributed by atoms with Gasteiger partial charge in [0.25, 0.3) is 11.8 Å². The molecule has 4 amide bonds. The summed E-state index contributed by atoms with van der Waals surface area (Å²) < 4.78 is 6.26. The Morgan fingerprint density at radius 1 is 0.822 bits per heavy atom. The van der Waals surface area contributed by atoms with Crippen LogP contribution in [0.2, 0.25) is 0 Å². The minimum atomic E-state index is -0.738. The lowest BCUT2D eigenvalue weighted by molar-refractivity contribution is -0.122. The standard InChI is InChI=1S/C39H36N2O4/c1-24-6-8-25(9-7-24)23-45-35-15-10-29-4-2-3-5-32(29)33(35)19-34-36(42)40-38(44)41(37(34)43)31-13-11-30(12-14-31)39-20-26-16-27(21-39)18-28(17-26)22-39/h2-15,19,26-28H,16-18,20-23H2,1H3,(H,40,42,44)/b34-19+. The van der Waals surface area contributed by atoms with Crippen LogP contribution in [0, 0.1) is 24.7 Å². The van der Waals surface area contributed by atoms with Crippen molar-refractivity contribution in [3.8, 4) is 5.75 Å². The Kier molecular flexibility index (Phi) is 6.63. The van der Waals surface area contributed by atoms with Crippen LogP contribution in [-0.4, -0.2) is 17.8 Å². The predicted molar refractivity (Wildman–Crippen MR) is 175 cm³/mol. The van der Waals surface area contributed by atoms with Crippen molar-refractivity contribution < 1.29 is 19.1 Å². The molecule has 4 bridgehead atoms. The molecule has 0 radical (unpaired) electrons. The van der Waals surface area contributed by atoms with Crippen LogP contribution in [0.1, 0.15) is 60.8 Å². The van der Waals surface area contributed by atoms with E-state index in [-0.39, 0.29) is 11.0 Å². The summed E-state index contributed by atoms with van der Waals surface area (Å²) in [5, 5.41) is 4.19. The average molecular weight is 597 g/mol. The Bertz CT molecular complexity index is 1840. The number of benzene rings is 4. The van der Waals surface area contributed by atoms with Crippen LogP contribution in [0.25, 0.3) is 16.8 Å². The number of fused-ring (bicyclic) bond motifs is 1. The molecule has 1 heterocycles. The maximum absolute atomic E-state index is 14.0. The first-order chi connectivity index (χ1) is 21.8. The fourth-order valence-corrected chi connectivity index (χ4v) is 8.86. The van der Waals surface area contributed by atoms with E-state index < -0.39 is 17.8 Å². The van der Waals surface area contributed by atoms with Gasteiger partial charge in [-0.25, -0.2) is 9.69 Å². The van der Waals surface area contributed by atoms with Gasteiger partial charge in [0.05, 0.1) is 5.69 Å². The first-order valence-corrected chi connectivity index (χ1v) is 16.1. The van der Waals surface area contributed by atoms with E-state index in [1.807, 2.05) is 79.7 Å². The third kappa shape index (κ3) is 4.93. The number of hydrogen-bond donors (Lipinski definition) is 1. The number of carbonyl (C=O) groups excluding carboxylic acids is 3. The molecule has 226 valence electrons. The van der Waals surface area contributed by atoms with E-state index in [2.05, 4.69) is 17.4 Å². The number of anilines is 1. The minimum absolute atomic E-state index is 0.115. The molecule has 4 aliphatic carbocycles. The maximum atomic E-state index is 14.0. The van der Waals surface area contributed by atoms with Gasteiger partial charge in [0.1, 0.15) is 17.9 Å². The van der Waals surface area contributed by atoms with Crippen LogP contribution in [0.5, 0.6) is 5.75 Å². The van der Waals surface area contributed by atoms with Gasteiger partial charge in [-0.3, -0.25) is 14.9 Å². The van der Waals surface area contributed by atoms with Crippen molar-refractivity contribution in [1.29, 1.82) is 0 Å². The fraction of sp³-hybridized carbons (Fsp3) is 0.308. The van der Waals surface area contributed by atoms with Gasteiger partial charge in [-0.2, -0.15) is 0 Å². The third-order valence-electron chi connectivity index (χ3n) is 10.6. The topological polar surface area (TPSA) is 75.7 Å². The molecular weight excluding hydrogens is 560 g/mol. The highest BCUT2D eigenvalue weighted by Gasteiger charge is 2.51. The van der Waals surface area contributed by atoms with Gasteiger partial charge in [-0.15, -0.1) is 0 Å². The molecule has 45 heavy (non-hydrogen) atoms. The molecule has 5 fully saturated rings. The molecule has 6 nitrogen and oxygen atoms in total. The summed E-state index contributed by atoms with van der Waals surface area (Å²) in [6.07, 6.45) is 9.40. The van der Waals surface area contributed by atoms with Gasteiger partial charge in [0.2, 0.25) is 0 Å². The molecule has 1 aliphatic heterocycles. The Balaban J connectivity index is 1.12. The summed E-state index contributed by atoms with van der Waals surface area (Å²) in [7, 11) is 0. The van der Waals surface area contributed by atoms with Crippen LogP contribution < -0.4 is 15.0 Å². The number of aryl methyl sites for hydroxylation is 1. The number of barbiturate groups is 1. The van der Waals surface area contributed by atoms with Gasteiger partial charge in [0.15, 0.2) is 0 Å². The number of carbonyl (C=O) groups is 3. The van der Waals surface area contributed by atoms with E-state index >= 15 is 0 Å². The number of nitrogens with one attached hydrogen (secondary N) is 1. The van der Waals surface area contributed by atoms with Crippen LogP contribution in [0.4, 0.5) is 10.5 Å². The number of urea groups is 1. The number of ether oxygens (including phenoxy) is 1. The number of imide groups is 2. The normalized spacial score (nSPS) is 26.5. The molecule has 4 aromatic rings. The second kappa shape index (κ2) is 10.7. The van der Waals surface area contributed by atoms with Gasteiger partial charge in [-0.1, -0.05) is 72.3 Å². The second-order valence-corrected chi connectivity index (χ2v) is 13.7. The number of hydrogen-bond acceptors (Lipinski definition) is 4. The average Bonchev–Trinajstić information content (AvgIpc) is 3.02. The van der Waals surface area contributed by atoms with Crippen molar-refractivity contribution in [3.63, 3.8) is 0 Å². The van der Waals surface area contributed by atoms with E-state index in [1.54, 1.807) is 6.08 Å². The first-order valence-electron chi connectivity index (χ1n) is 16.1. The molecule has 4 saturated carbocycles. The highest BCUT2D eigenvalue weighted by Crippen LogP contribution is 2.60. The predicted octanol–water partition coefficient (Wildman–Crippen LogP) is 7.86. The Morgan fingerprint density at radius 2 is 1.49 bits per heavy atom. The lowest BCUT2D eigenvalue weighted by atomic mass is 9.48. The molecule has 6 heteroatoms. The monoisotopic (exact) mass is 596 g/mol. The number of nitrogens with zero attached hydrogens (tertiary/aromatic N) is 1. The summed E-state index contributed by atoms with van der Waals surface area (Å²) in [6, 6.07) is 26.9. The molecule has 9 rings (SSSR count). The van der Waals surface area contributed by atoms with Crippen molar-refractivity contribution in [1.82, 2.24) is 5.32 Å². The van der Waals surface area contributed by atoms with Crippen molar-refractivity contribution in [3.05, 3.63) is 113 Å². The second-order valence-electron chi connectivity index (χ2n) is 13.7. The van der Waals surface area contributed by atoms with Crippen molar-refractivity contribution in [2.75, 3.05) is 4.90 Å². The molecule has 4 aromatic carbocycles. The molecule has 1 saturated heterocycles. The Morgan fingerprint density at radius 3 is 2.18 bits per heavy atom. The Labute approximate surface area is 263 Å². The molecule has 5 aliphatic rings. The van der Waals surface area contributed by atoms with E-state index in [4.69, 9.17) is 4.74 Å². The SMILES string of the molecule is Cc1ccc(COc2ccc3ccccc3c2/C=C2\C(=O)NC(=O)N(c3ccc(C45CC6CC(CC(C6)C4)C5)cc3)C2=O)cc1. The molecule has 0 unspecified atom stereocenters. The summed E-state index contributed by atoms with van der Waals surface area (Å²) in [4.78, 5) is 41.3. The van der Waals surface area contributed by atoms with Gasteiger partial charge in [0, 0.05) is 5.56 Å². The smallest absolute Gasteiger partial charge is 0.335 e. The largest absolute Gasteiger partial charge is 0.488 e. The third-order valence-corrected chi connectivity index (χ3v) is 10.6. The van der Waals surface area contributed by atoms with Crippen LogP contribution in [-0.2, 0) is 21.6 Å². The number of rotatable bonds is 6. The van der Waals surface area contributed by atoms with Crippen LogP contribution in [0.3, 0.4) is 0 Å². The zero-order valence-corrected chi connectivity index (χ0v) is 25.4. The zero-order chi connectivity index (χ0) is 30.7. The summed E-state index contributed by atoms with van der Waals surface area (Å²) in [5.41, 5.74) is 4.66. The molecule has 0 atom stereocenters. The maximum Gasteiger partial charge on any atom is 0.335 e. The Hall–Kier alpha value is -4.71. The van der Waals surface area contributed by atoms with Gasteiger partial charge < -0.3 is 4.74 Å². The lowest BCUT2D eigenvalue weighted by Crippen LogP contribution is -2.54. The zero-order valence-electron chi connectivity index (χ0n) is 25.4. The highest BCUT2D eigenvalue weighted by atomic mass is 16.5. The highest BCUT2D eigenvalue weighted by molar-refractivity contribution is 6.39. The van der Waals surface area contributed by atoms with E-state index in [1.165, 1.54) is 44.1 Å². The lowest BCUT2D eigenvalue weighted by Gasteiger charge is -2.57. The van der Waals surface area contributed by atoms with Gasteiger partial charge >= 0.3 is 6.03 Å². The number of amides is 4. The molecule has 0 spiro atoms. The summed E-state index contributed by atoms with van der Waals surface area (Å²) in [6.45, 7) is 2.37. The molecule has 0 aromatic heterocycles. The van der Waals surface area contributed by atoms with E-state index in [9.17, 15) is 14.4 Å². The molecular formula is C39H36N2O4. The van der Waals surface area contributed by atoms with Crippen molar-refractivity contribution in [2.24, 2.45) is 17.8 Å². The van der Waals surface area contributed by atoms with E-state index in [0.717, 1.165) is 44.6 Å². The first kappa shape index (κ1) is 27.8. The van der Waals surface area contributed by atoms with E-state index in [0.29, 0.717) is 23.6 Å². The van der Waals surface area contributed by atoms with Crippen molar-refractivity contribution >= 4 is 40.4 Å². The van der Waals surface area contributed by atoms with Crippen LogP contribution >= 0.6 is 0 Å². The fourth-order valence-electron chi connectivity index (χ4n) is 8.86. The van der Waals surface area contributed by atoms with Crippen LogP contribution in [0.15, 0.2) is 90.5 Å². The van der Waals surface area contributed by atoms with Gasteiger partial charge in [-0.05, 0) is 115 Å².